The monoisotopic (exact) mass is 294 g/mol. The molecule has 0 aliphatic heterocycles. The van der Waals surface area contributed by atoms with Gasteiger partial charge < -0.3 is 9.73 Å². The highest BCUT2D eigenvalue weighted by molar-refractivity contribution is 5.20. The molecule has 0 radical (unpaired) electrons. The number of nitrogens with one attached hydrogen (secondary N) is 1. The zero-order chi connectivity index (χ0) is 16.2. The normalized spacial score (nSPS) is 14.2. The van der Waals surface area contributed by atoms with Crippen LogP contribution in [0, 0.1) is 18.3 Å². The molecule has 0 fully saturated rings. The molecule has 3 heteroatoms. The minimum Gasteiger partial charge on any atom is -0.463 e. The van der Waals surface area contributed by atoms with E-state index in [1.165, 1.54) is 5.56 Å². The molecule has 0 saturated heterocycles. The maximum absolute atomic E-state index is 6.03. The van der Waals surface area contributed by atoms with Crippen LogP contribution < -0.4 is 5.32 Å². The van der Waals surface area contributed by atoms with Crippen LogP contribution in [0.15, 0.2) is 10.5 Å². The van der Waals surface area contributed by atoms with E-state index in [-0.39, 0.29) is 5.41 Å². The number of hydrogen-bond donors (Lipinski definition) is 1. The van der Waals surface area contributed by atoms with Crippen LogP contribution in [-0.4, -0.2) is 24.5 Å². The summed E-state index contributed by atoms with van der Waals surface area (Å²) in [6.07, 6.45) is 0. The third kappa shape index (κ3) is 5.84. The first-order valence-corrected chi connectivity index (χ1v) is 8.10. The van der Waals surface area contributed by atoms with E-state index in [2.05, 4.69) is 71.8 Å². The standard InChI is InChI=1S/C18H34N2O/c1-13(2)10-19-11-17-14(3)9-16(21-17)12-20(8)15(4)18(5,6)7/h9,13,15,19H,10-12H2,1-8H3. The molecule has 0 saturated carbocycles. The van der Waals surface area contributed by atoms with Gasteiger partial charge in [0.15, 0.2) is 0 Å². The molecule has 0 aromatic carbocycles. The number of rotatable bonds is 7. The predicted molar refractivity (Wildman–Crippen MR) is 90.4 cm³/mol. The Morgan fingerprint density at radius 1 is 1.24 bits per heavy atom. The van der Waals surface area contributed by atoms with Crippen molar-refractivity contribution in [3.8, 4) is 0 Å². The highest BCUT2D eigenvalue weighted by atomic mass is 16.3. The van der Waals surface area contributed by atoms with E-state index in [0.29, 0.717) is 12.0 Å². The first-order valence-electron chi connectivity index (χ1n) is 8.10. The highest BCUT2D eigenvalue weighted by Crippen LogP contribution is 2.25. The fourth-order valence-electron chi connectivity index (χ4n) is 2.36. The number of hydrogen-bond acceptors (Lipinski definition) is 3. The van der Waals surface area contributed by atoms with Crippen LogP contribution in [0.2, 0.25) is 0 Å². The first-order chi connectivity index (χ1) is 9.61. The lowest BCUT2D eigenvalue weighted by Crippen LogP contribution is -2.38. The van der Waals surface area contributed by atoms with Crippen LogP contribution >= 0.6 is 0 Å². The van der Waals surface area contributed by atoms with Gasteiger partial charge >= 0.3 is 0 Å². The summed E-state index contributed by atoms with van der Waals surface area (Å²) in [5.74, 6) is 2.80. The van der Waals surface area contributed by atoms with Crippen molar-refractivity contribution >= 4 is 0 Å². The number of nitrogens with zero attached hydrogens (tertiary/aromatic N) is 1. The second-order valence-corrected chi connectivity index (χ2v) is 7.80. The van der Waals surface area contributed by atoms with Crippen molar-refractivity contribution in [3.63, 3.8) is 0 Å². The third-order valence-electron chi connectivity index (χ3n) is 4.23. The van der Waals surface area contributed by atoms with E-state index in [9.17, 15) is 0 Å². The van der Waals surface area contributed by atoms with Gasteiger partial charge in [0.2, 0.25) is 0 Å². The molecule has 1 aromatic heterocycles. The van der Waals surface area contributed by atoms with Crippen LogP contribution in [0.3, 0.4) is 0 Å². The van der Waals surface area contributed by atoms with Gasteiger partial charge in [0.1, 0.15) is 11.5 Å². The molecule has 21 heavy (non-hydrogen) atoms. The smallest absolute Gasteiger partial charge is 0.120 e. The van der Waals surface area contributed by atoms with E-state index in [0.717, 1.165) is 31.2 Å². The van der Waals surface area contributed by atoms with Gasteiger partial charge in [-0.1, -0.05) is 34.6 Å². The summed E-state index contributed by atoms with van der Waals surface area (Å²) >= 11 is 0. The third-order valence-corrected chi connectivity index (χ3v) is 4.23. The Hall–Kier alpha value is -0.800. The van der Waals surface area contributed by atoms with Gasteiger partial charge in [0.25, 0.3) is 0 Å². The Morgan fingerprint density at radius 2 is 1.86 bits per heavy atom. The number of furan rings is 1. The quantitative estimate of drug-likeness (QED) is 0.817. The van der Waals surface area contributed by atoms with Crippen LogP contribution in [0.1, 0.15) is 58.6 Å². The Morgan fingerprint density at radius 3 is 2.38 bits per heavy atom. The lowest BCUT2D eigenvalue weighted by atomic mass is 9.87. The molecule has 1 atom stereocenters. The molecular formula is C18H34N2O. The van der Waals surface area contributed by atoms with Crippen molar-refractivity contribution < 1.29 is 4.42 Å². The zero-order valence-electron chi connectivity index (χ0n) is 15.2. The second-order valence-electron chi connectivity index (χ2n) is 7.80. The van der Waals surface area contributed by atoms with Crippen molar-refractivity contribution in [2.75, 3.05) is 13.6 Å². The molecule has 0 aliphatic carbocycles. The average Bonchev–Trinajstić information content (AvgIpc) is 2.67. The Balaban J connectivity index is 2.61. The Bertz CT molecular complexity index is 429. The molecule has 1 rings (SSSR count). The molecule has 1 heterocycles. The first kappa shape index (κ1) is 18.2. The molecule has 0 aliphatic rings. The zero-order valence-corrected chi connectivity index (χ0v) is 15.2. The van der Waals surface area contributed by atoms with Crippen molar-refractivity contribution in [2.45, 2.75) is 67.6 Å². The maximum atomic E-state index is 6.03. The average molecular weight is 294 g/mol. The lowest BCUT2D eigenvalue weighted by Gasteiger charge is -2.34. The van der Waals surface area contributed by atoms with Gasteiger partial charge in [-0.25, -0.2) is 0 Å². The summed E-state index contributed by atoms with van der Waals surface area (Å²) < 4.78 is 6.03. The van der Waals surface area contributed by atoms with Crippen molar-refractivity contribution in [1.82, 2.24) is 10.2 Å². The van der Waals surface area contributed by atoms with Crippen LogP contribution in [0.5, 0.6) is 0 Å². The van der Waals surface area contributed by atoms with Crippen molar-refractivity contribution in [2.24, 2.45) is 11.3 Å². The van der Waals surface area contributed by atoms with E-state index >= 15 is 0 Å². The molecular weight excluding hydrogens is 260 g/mol. The molecule has 0 amide bonds. The molecule has 0 spiro atoms. The minimum atomic E-state index is 0.276. The van der Waals surface area contributed by atoms with Crippen LogP contribution in [-0.2, 0) is 13.1 Å². The van der Waals surface area contributed by atoms with Crippen molar-refractivity contribution in [1.29, 1.82) is 0 Å². The fraction of sp³-hybridized carbons (Fsp3) is 0.778. The molecule has 1 unspecified atom stereocenters. The van der Waals surface area contributed by atoms with E-state index < -0.39 is 0 Å². The summed E-state index contributed by atoms with van der Waals surface area (Å²) in [5.41, 5.74) is 1.52. The second kappa shape index (κ2) is 7.46. The highest BCUT2D eigenvalue weighted by Gasteiger charge is 2.24. The number of aryl methyl sites for hydroxylation is 1. The molecule has 122 valence electrons. The summed E-state index contributed by atoms with van der Waals surface area (Å²) in [7, 11) is 2.17. The van der Waals surface area contributed by atoms with E-state index in [4.69, 9.17) is 4.42 Å². The van der Waals surface area contributed by atoms with Gasteiger partial charge in [-0.3, -0.25) is 4.90 Å². The maximum Gasteiger partial charge on any atom is 0.120 e. The van der Waals surface area contributed by atoms with Gasteiger partial charge in [-0.2, -0.15) is 0 Å². The van der Waals surface area contributed by atoms with Crippen molar-refractivity contribution in [3.05, 3.63) is 23.2 Å². The summed E-state index contributed by atoms with van der Waals surface area (Å²) in [4.78, 5) is 2.36. The Labute approximate surface area is 131 Å². The molecule has 1 N–H and O–H groups in total. The summed E-state index contributed by atoms with van der Waals surface area (Å²) in [6, 6.07) is 2.68. The fourth-order valence-corrected chi connectivity index (χ4v) is 2.36. The van der Waals surface area contributed by atoms with E-state index in [1.807, 2.05) is 0 Å². The van der Waals surface area contributed by atoms with E-state index in [1.54, 1.807) is 0 Å². The van der Waals surface area contributed by atoms with Crippen LogP contribution in [0.4, 0.5) is 0 Å². The van der Waals surface area contributed by atoms with Crippen LogP contribution in [0.25, 0.3) is 0 Å². The largest absolute Gasteiger partial charge is 0.463 e. The molecule has 1 aromatic rings. The molecule has 0 bridgehead atoms. The Kier molecular flexibility index (Phi) is 6.48. The molecule has 3 nitrogen and oxygen atoms in total. The van der Waals surface area contributed by atoms with Gasteiger partial charge in [0.05, 0.1) is 13.1 Å². The predicted octanol–water partition coefficient (Wildman–Crippen LogP) is 4.20. The summed E-state index contributed by atoms with van der Waals surface area (Å²) in [5, 5.41) is 3.45. The van der Waals surface area contributed by atoms with Gasteiger partial charge in [0, 0.05) is 6.04 Å². The minimum absolute atomic E-state index is 0.276. The lowest BCUT2D eigenvalue weighted by molar-refractivity contribution is 0.126. The summed E-state index contributed by atoms with van der Waals surface area (Å²) in [6.45, 7) is 18.4. The SMILES string of the molecule is Cc1cc(CN(C)C(C)C(C)(C)C)oc1CNCC(C)C. The topological polar surface area (TPSA) is 28.4 Å². The van der Waals surface area contributed by atoms with Gasteiger partial charge in [-0.15, -0.1) is 0 Å². The van der Waals surface area contributed by atoms with Gasteiger partial charge in [-0.05, 0) is 50.4 Å².